The van der Waals surface area contributed by atoms with E-state index in [1.165, 1.54) is 6.92 Å². The Bertz CT molecular complexity index is 1380. The van der Waals surface area contributed by atoms with Gasteiger partial charge in [-0.1, -0.05) is 54.0 Å². The van der Waals surface area contributed by atoms with E-state index in [4.69, 9.17) is 19.9 Å². The van der Waals surface area contributed by atoms with Crippen LogP contribution < -0.4 is 11.1 Å². The Kier molecular flexibility index (Phi) is 8.36. The van der Waals surface area contributed by atoms with E-state index in [0.717, 1.165) is 31.3 Å². The highest BCUT2D eigenvalue weighted by atomic mass is 16.6. The molecule has 2 saturated heterocycles. The van der Waals surface area contributed by atoms with Gasteiger partial charge in [0.25, 0.3) is 0 Å². The number of carboxylic acid groups (broad SMARTS) is 1. The lowest BCUT2D eigenvalue weighted by Crippen LogP contribution is -2.71. The zero-order valence-electron chi connectivity index (χ0n) is 29.5. The van der Waals surface area contributed by atoms with Gasteiger partial charge in [-0.3, -0.25) is 19.2 Å². The number of hydrogen-bond acceptors (Lipinski definition) is 9. The molecule has 4 aliphatic carbocycles. The van der Waals surface area contributed by atoms with Crippen molar-refractivity contribution in [2.24, 2.45) is 62.4 Å². The van der Waals surface area contributed by atoms with Crippen LogP contribution in [0.5, 0.6) is 0 Å². The molecule has 2 bridgehead atoms. The van der Waals surface area contributed by atoms with Gasteiger partial charge in [0.15, 0.2) is 5.78 Å². The third-order valence-electron chi connectivity index (χ3n) is 15.0. The maximum Gasteiger partial charge on any atom is 0.323 e. The highest BCUT2D eigenvalue weighted by Crippen LogP contribution is 2.74. The summed E-state index contributed by atoms with van der Waals surface area (Å²) < 4.78 is 18.7. The molecule has 10 heteroatoms. The number of nitrogens with one attached hydrogen (secondary N) is 1. The van der Waals surface area contributed by atoms with E-state index in [0.29, 0.717) is 32.6 Å². The fourth-order valence-corrected chi connectivity index (χ4v) is 12.0. The summed E-state index contributed by atoms with van der Waals surface area (Å²) in [7, 11) is 0. The van der Waals surface area contributed by atoms with Crippen LogP contribution in [0.4, 0.5) is 0 Å². The van der Waals surface area contributed by atoms with Gasteiger partial charge in [-0.25, -0.2) is 0 Å². The SMILES string of the molecule is CC(=O)O[C@@H]1C[C@@]23COC[C@](C)([C@@H]2CC[C@H]2C3=CC(=O)[C@@]3(C)[C@H](C(=O)O)[C@@](C)([C@H](C)C(C)C)CC[C@]23C)[C@H]1OC(=O)C1CC(N)CN1. The van der Waals surface area contributed by atoms with Crippen molar-refractivity contribution >= 4 is 23.7 Å². The van der Waals surface area contributed by atoms with Crippen molar-refractivity contribution in [1.29, 1.82) is 0 Å². The lowest BCUT2D eigenvalue weighted by atomic mass is 9.34. The summed E-state index contributed by atoms with van der Waals surface area (Å²) in [6, 6.07) is -0.651. The second-order valence-corrected chi connectivity index (χ2v) is 17.4. The lowest BCUT2D eigenvalue weighted by molar-refractivity contribution is -0.262. The van der Waals surface area contributed by atoms with E-state index in [9.17, 15) is 24.3 Å². The third kappa shape index (κ3) is 4.73. The largest absolute Gasteiger partial charge is 0.481 e. The number of carboxylic acids is 1. The molecule has 5 fully saturated rings. The molecule has 0 aromatic carbocycles. The van der Waals surface area contributed by atoms with Gasteiger partial charge < -0.3 is 30.4 Å². The van der Waals surface area contributed by atoms with E-state index in [1.807, 2.05) is 6.92 Å². The van der Waals surface area contributed by atoms with Gasteiger partial charge in [0, 0.05) is 35.8 Å². The van der Waals surface area contributed by atoms with Crippen molar-refractivity contribution in [3.63, 3.8) is 0 Å². The summed E-state index contributed by atoms with van der Waals surface area (Å²) in [5.74, 6) is -2.33. The van der Waals surface area contributed by atoms with Crippen molar-refractivity contribution in [3.8, 4) is 0 Å². The molecule has 0 aromatic heterocycles. The molecule has 6 rings (SSSR count). The van der Waals surface area contributed by atoms with E-state index in [-0.39, 0.29) is 35.5 Å². The topological polar surface area (TPSA) is 154 Å². The van der Waals surface area contributed by atoms with Gasteiger partial charge in [-0.05, 0) is 79.1 Å². The minimum atomic E-state index is -1.09. The average molecular weight is 657 g/mol. The molecular weight excluding hydrogens is 600 g/mol. The van der Waals surface area contributed by atoms with E-state index in [2.05, 4.69) is 46.9 Å². The second kappa shape index (κ2) is 11.4. The Morgan fingerprint density at radius 2 is 1.77 bits per heavy atom. The van der Waals surface area contributed by atoms with Gasteiger partial charge in [-0.2, -0.15) is 0 Å². The summed E-state index contributed by atoms with van der Waals surface area (Å²) in [6.45, 7) is 17.3. The summed E-state index contributed by atoms with van der Waals surface area (Å²) in [5.41, 5.74) is 3.56. The fraction of sp³-hybridized carbons (Fsp3) is 0.838. The second-order valence-electron chi connectivity index (χ2n) is 17.4. The molecule has 6 aliphatic rings. The van der Waals surface area contributed by atoms with Gasteiger partial charge in [0.1, 0.15) is 18.2 Å². The van der Waals surface area contributed by atoms with Crippen molar-refractivity contribution in [2.75, 3.05) is 19.8 Å². The number of hydrogen-bond donors (Lipinski definition) is 3. The first kappa shape index (κ1) is 34.6. The minimum Gasteiger partial charge on any atom is -0.481 e. The molecule has 0 spiro atoms. The van der Waals surface area contributed by atoms with Gasteiger partial charge >= 0.3 is 17.9 Å². The summed E-state index contributed by atoms with van der Waals surface area (Å²) in [5, 5.41) is 14.1. The highest BCUT2D eigenvalue weighted by molar-refractivity contribution is 6.00. The third-order valence-corrected chi connectivity index (χ3v) is 15.0. The standard InChI is InChI=1S/C37H56N2O8/c1-19(2)20(3)33(5)11-12-35(7)23-9-10-27-34(6)17-45-18-37(27,24(23)14-28(41)36(35,8)29(33)31(42)43)15-26(46-21(4)40)30(34)47-32(44)25-13-22(38)16-39-25/h14,19-20,22-23,25-27,29-30,39H,9-13,15-18,38H2,1-8H3,(H,42,43)/t20-,22?,23+,25?,26-,27+,29-,30+,33-,34-,35-,36+,37+/m1/s1. The smallest absolute Gasteiger partial charge is 0.323 e. The van der Waals surface area contributed by atoms with E-state index < -0.39 is 69.2 Å². The Balaban J connectivity index is 1.43. The van der Waals surface area contributed by atoms with Crippen LogP contribution in [0.2, 0.25) is 0 Å². The molecule has 0 amide bonds. The van der Waals surface area contributed by atoms with Crippen LogP contribution in [0.25, 0.3) is 0 Å². The fourth-order valence-electron chi connectivity index (χ4n) is 12.0. The maximum atomic E-state index is 14.8. The molecular formula is C37H56N2O8. The summed E-state index contributed by atoms with van der Waals surface area (Å²) in [6.07, 6.45) is 4.27. The molecule has 2 heterocycles. The number of carbonyl (C=O) groups excluding carboxylic acids is 3. The number of fused-ring (bicyclic) bond motifs is 3. The maximum absolute atomic E-state index is 14.8. The van der Waals surface area contributed by atoms with Crippen molar-refractivity contribution in [3.05, 3.63) is 11.6 Å². The van der Waals surface area contributed by atoms with Crippen LogP contribution in [0.15, 0.2) is 11.6 Å². The minimum absolute atomic E-state index is 0.0144. The quantitative estimate of drug-likeness (QED) is 0.353. The monoisotopic (exact) mass is 656 g/mol. The predicted octanol–water partition coefficient (Wildman–Crippen LogP) is 4.29. The highest BCUT2D eigenvalue weighted by Gasteiger charge is 2.74. The van der Waals surface area contributed by atoms with Crippen molar-refractivity contribution in [1.82, 2.24) is 5.32 Å². The van der Waals surface area contributed by atoms with Crippen LogP contribution in [-0.4, -0.2) is 72.8 Å². The molecule has 2 aliphatic heterocycles. The van der Waals surface area contributed by atoms with Crippen LogP contribution in [0.1, 0.15) is 93.9 Å². The summed E-state index contributed by atoms with van der Waals surface area (Å²) >= 11 is 0. The van der Waals surface area contributed by atoms with Crippen LogP contribution in [0.3, 0.4) is 0 Å². The normalized spacial score (nSPS) is 48.0. The molecule has 0 aromatic rings. The molecule has 3 saturated carbocycles. The van der Waals surface area contributed by atoms with Gasteiger partial charge in [0.2, 0.25) is 0 Å². The average Bonchev–Trinajstić information content (AvgIpc) is 3.42. The molecule has 2 unspecified atom stereocenters. The van der Waals surface area contributed by atoms with Crippen LogP contribution >= 0.6 is 0 Å². The van der Waals surface area contributed by atoms with Gasteiger partial charge in [0.05, 0.1) is 19.1 Å². The molecule has 262 valence electrons. The number of ether oxygens (including phenoxy) is 3. The zero-order chi connectivity index (χ0) is 34.5. The first-order chi connectivity index (χ1) is 21.9. The predicted molar refractivity (Wildman–Crippen MR) is 174 cm³/mol. The first-order valence-corrected chi connectivity index (χ1v) is 17.8. The number of rotatable bonds is 6. The zero-order valence-corrected chi connectivity index (χ0v) is 29.5. The number of esters is 2. The Hall–Kier alpha value is -2.30. The number of allylic oxidation sites excluding steroid dienone is 1. The molecule has 4 N–H and O–H groups in total. The molecule has 13 atom stereocenters. The lowest BCUT2D eigenvalue weighted by Gasteiger charge is -2.70. The van der Waals surface area contributed by atoms with E-state index >= 15 is 0 Å². The van der Waals surface area contributed by atoms with Gasteiger partial charge in [-0.15, -0.1) is 0 Å². The van der Waals surface area contributed by atoms with Crippen LogP contribution in [-0.2, 0) is 33.4 Å². The molecule has 0 radical (unpaired) electrons. The molecule has 10 nitrogen and oxygen atoms in total. The van der Waals surface area contributed by atoms with Crippen LogP contribution in [0, 0.1) is 56.7 Å². The molecule has 47 heavy (non-hydrogen) atoms. The Labute approximate surface area is 279 Å². The first-order valence-electron chi connectivity index (χ1n) is 17.8. The number of carbonyl (C=O) groups is 4. The van der Waals surface area contributed by atoms with Crippen molar-refractivity contribution in [2.45, 2.75) is 118 Å². The Morgan fingerprint density at radius 3 is 2.36 bits per heavy atom. The Morgan fingerprint density at radius 1 is 1.06 bits per heavy atom. The van der Waals surface area contributed by atoms with E-state index in [1.54, 1.807) is 6.08 Å². The summed E-state index contributed by atoms with van der Waals surface area (Å²) in [4.78, 5) is 54.2. The number of nitrogens with two attached hydrogens (primary N) is 1. The number of ketones is 1. The number of aliphatic carboxylic acids is 1. The van der Waals surface area contributed by atoms with Crippen molar-refractivity contribution < 1.29 is 38.5 Å².